The second-order valence-electron chi connectivity index (χ2n) is 5.43. The van der Waals surface area contributed by atoms with Crippen LogP contribution in [0.3, 0.4) is 0 Å². The summed E-state index contributed by atoms with van der Waals surface area (Å²) in [5.41, 5.74) is 0.691. The molecule has 1 heterocycles. The van der Waals surface area contributed by atoms with Crippen molar-refractivity contribution in [3.05, 3.63) is 41.6 Å². The third-order valence-corrected chi connectivity index (χ3v) is 5.09. The van der Waals surface area contributed by atoms with Crippen molar-refractivity contribution in [1.82, 2.24) is 9.62 Å². The zero-order valence-corrected chi connectivity index (χ0v) is 14.9. The minimum atomic E-state index is -3.98. The summed E-state index contributed by atoms with van der Waals surface area (Å²) in [6.07, 6.45) is 2.19. The van der Waals surface area contributed by atoms with Gasteiger partial charge in [-0.1, -0.05) is 19.1 Å². The predicted octanol–water partition coefficient (Wildman–Crippen LogP) is 1.47. The lowest BCUT2D eigenvalue weighted by Crippen LogP contribution is -2.41. The maximum absolute atomic E-state index is 12.4. The number of nitrogens with one attached hydrogen (secondary N) is 1. The van der Waals surface area contributed by atoms with Crippen LogP contribution in [0.15, 0.2) is 40.4 Å². The first-order valence-electron chi connectivity index (χ1n) is 7.55. The van der Waals surface area contributed by atoms with E-state index in [0.717, 1.165) is 10.7 Å². The molecule has 130 valence electrons. The molecule has 0 spiro atoms. The zero-order valence-electron chi connectivity index (χ0n) is 14.1. The maximum Gasteiger partial charge on any atom is 0.345 e. The molecule has 0 fully saturated rings. The van der Waals surface area contributed by atoms with Gasteiger partial charge >= 0.3 is 10.2 Å². The van der Waals surface area contributed by atoms with Gasteiger partial charge in [0.25, 0.3) is 5.91 Å². The van der Waals surface area contributed by atoms with Crippen LogP contribution in [-0.2, 0) is 15.0 Å². The van der Waals surface area contributed by atoms with Crippen LogP contribution in [0.25, 0.3) is 0 Å². The van der Waals surface area contributed by atoms with Gasteiger partial charge in [0.15, 0.2) is 0 Å². The van der Waals surface area contributed by atoms with E-state index in [2.05, 4.69) is 9.71 Å². The van der Waals surface area contributed by atoms with Gasteiger partial charge in [-0.2, -0.15) is 8.42 Å². The Morgan fingerprint density at radius 2 is 2.04 bits per heavy atom. The van der Waals surface area contributed by atoms with Gasteiger partial charge in [-0.3, -0.25) is 4.79 Å². The number of para-hydroxylation sites is 1. The van der Waals surface area contributed by atoms with Crippen LogP contribution in [0.2, 0.25) is 0 Å². The summed E-state index contributed by atoms with van der Waals surface area (Å²) in [6, 6.07) is 6.85. The van der Waals surface area contributed by atoms with Crippen molar-refractivity contribution < 1.29 is 17.9 Å². The Morgan fingerprint density at radius 1 is 1.38 bits per heavy atom. The maximum atomic E-state index is 12.4. The van der Waals surface area contributed by atoms with Crippen molar-refractivity contribution in [3.63, 3.8) is 0 Å². The van der Waals surface area contributed by atoms with Gasteiger partial charge in [-0.15, -0.1) is 4.40 Å². The zero-order chi connectivity index (χ0) is 17.9. The molecule has 1 amide bonds. The lowest BCUT2D eigenvalue weighted by Gasteiger charge is -2.25. The van der Waals surface area contributed by atoms with Gasteiger partial charge in [-0.05, 0) is 31.6 Å². The normalized spacial score (nSPS) is 17.6. The monoisotopic (exact) mass is 351 g/mol. The van der Waals surface area contributed by atoms with Crippen molar-refractivity contribution in [2.45, 2.75) is 26.3 Å². The fourth-order valence-corrected chi connectivity index (χ4v) is 3.05. The van der Waals surface area contributed by atoms with E-state index in [-0.39, 0.29) is 17.5 Å². The van der Waals surface area contributed by atoms with Crippen molar-refractivity contribution in [3.8, 4) is 5.75 Å². The number of benzene rings is 1. The number of hydrogen-bond donors (Lipinski definition) is 1. The number of ether oxygens (including phenoxy) is 1. The quantitative estimate of drug-likeness (QED) is 0.870. The number of rotatable bonds is 5. The summed E-state index contributed by atoms with van der Waals surface area (Å²) in [6.45, 7) is 3.79. The molecule has 7 nitrogen and oxygen atoms in total. The van der Waals surface area contributed by atoms with Gasteiger partial charge in [0.2, 0.25) is 0 Å². The number of likely N-dealkylation sites (N-methyl/N-ethyl adjacent to an activating group) is 1. The van der Waals surface area contributed by atoms with E-state index in [1.54, 1.807) is 24.3 Å². The number of allylic oxidation sites excluding steroid dienone is 1. The van der Waals surface area contributed by atoms with Crippen LogP contribution in [0.1, 0.15) is 25.8 Å². The number of amides is 1. The lowest BCUT2D eigenvalue weighted by molar-refractivity contribution is -0.119. The summed E-state index contributed by atoms with van der Waals surface area (Å²) >= 11 is 0. The summed E-state index contributed by atoms with van der Waals surface area (Å²) in [4.78, 5) is 12.4. The number of nitrogens with zero attached hydrogens (tertiary/aromatic N) is 2. The fraction of sp³-hybridized carbons (Fsp3) is 0.375. The smallest absolute Gasteiger partial charge is 0.345 e. The standard InChI is InChI=1S/C16H21N3O4S/c1-5-11(2)17-16(20)14-10-13(18-24(21,22)19(14)3)12-8-6-7-9-15(12)23-4/h6-11H,5H2,1-4H3,(H,17,20)/t11-/m1/s1. The number of carbonyl (C=O) groups is 1. The number of carbonyl (C=O) groups excluding carboxylic acids is 1. The largest absolute Gasteiger partial charge is 0.496 e. The Labute approximate surface area is 142 Å². The molecule has 24 heavy (non-hydrogen) atoms. The molecule has 8 heteroatoms. The summed E-state index contributed by atoms with van der Waals surface area (Å²) in [5.74, 6) is 0.0201. The van der Waals surface area contributed by atoms with E-state index < -0.39 is 16.1 Å². The molecule has 0 saturated carbocycles. The Bertz CT molecular complexity index is 799. The predicted molar refractivity (Wildman–Crippen MR) is 92.2 cm³/mol. The van der Waals surface area contributed by atoms with Crippen molar-refractivity contribution in [1.29, 1.82) is 0 Å². The lowest BCUT2D eigenvalue weighted by atomic mass is 10.1. The van der Waals surface area contributed by atoms with E-state index in [1.165, 1.54) is 20.2 Å². The average Bonchev–Trinajstić information content (AvgIpc) is 2.56. The third-order valence-electron chi connectivity index (χ3n) is 3.78. The third kappa shape index (κ3) is 3.59. The van der Waals surface area contributed by atoms with Gasteiger partial charge in [0.1, 0.15) is 11.4 Å². The molecule has 0 aliphatic carbocycles. The first-order chi connectivity index (χ1) is 11.3. The molecule has 1 N–H and O–H groups in total. The molecule has 0 unspecified atom stereocenters. The highest BCUT2D eigenvalue weighted by atomic mass is 32.2. The molecule has 1 atom stereocenters. The molecule has 0 aromatic heterocycles. The van der Waals surface area contributed by atoms with E-state index >= 15 is 0 Å². The first-order valence-corrected chi connectivity index (χ1v) is 8.94. The highest BCUT2D eigenvalue weighted by molar-refractivity contribution is 7.88. The molecule has 1 aliphatic rings. The highest BCUT2D eigenvalue weighted by Gasteiger charge is 2.31. The van der Waals surface area contributed by atoms with Crippen LogP contribution in [-0.4, -0.2) is 44.5 Å². The molecule has 1 aromatic rings. The van der Waals surface area contributed by atoms with Crippen molar-refractivity contribution >= 4 is 21.8 Å². The Balaban J connectivity index is 2.50. The van der Waals surface area contributed by atoms with E-state index in [0.29, 0.717) is 11.3 Å². The van der Waals surface area contributed by atoms with Crippen LogP contribution in [0.4, 0.5) is 0 Å². The molecule has 2 rings (SSSR count). The van der Waals surface area contributed by atoms with Crippen LogP contribution in [0.5, 0.6) is 5.75 Å². The molecular weight excluding hydrogens is 330 g/mol. The minimum absolute atomic E-state index is 0.0196. The van der Waals surface area contributed by atoms with E-state index in [1.807, 2.05) is 13.8 Å². The SMILES string of the molecule is CC[C@@H](C)NC(=O)C1=CC(c2ccccc2OC)=NS(=O)(=O)N1C. The number of hydrogen-bond acceptors (Lipinski definition) is 4. The molecule has 0 radical (unpaired) electrons. The van der Waals surface area contributed by atoms with Crippen LogP contribution >= 0.6 is 0 Å². The van der Waals surface area contributed by atoms with Crippen molar-refractivity contribution in [2.24, 2.45) is 4.40 Å². The highest BCUT2D eigenvalue weighted by Crippen LogP contribution is 2.25. The Morgan fingerprint density at radius 3 is 2.67 bits per heavy atom. The Hall–Kier alpha value is -2.35. The molecule has 1 aliphatic heterocycles. The number of methoxy groups -OCH3 is 1. The second kappa shape index (κ2) is 7.04. The second-order valence-corrected chi connectivity index (χ2v) is 7.06. The molecule has 0 bridgehead atoms. The average molecular weight is 351 g/mol. The van der Waals surface area contributed by atoms with Gasteiger partial charge in [0, 0.05) is 18.7 Å². The minimum Gasteiger partial charge on any atom is -0.496 e. The summed E-state index contributed by atoms with van der Waals surface area (Å²) in [5, 5.41) is 2.77. The molecular formula is C16H21N3O4S. The van der Waals surface area contributed by atoms with Gasteiger partial charge < -0.3 is 10.1 Å². The first kappa shape index (κ1) is 18.0. The van der Waals surface area contributed by atoms with E-state index in [4.69, 9.17) is 4.74 Å². The molecule has 0 saturated heterocycles. The molecule has 1 aromatic carbocycles. The van der Waals surface area contributed by atoms with Crippen molar-refractivity contribution in [2.75, 3.05) is 14.2 Å². The summed E-state index contributed by atoms with van der Waals surface area (Å²) in [7, 11) is -1.19. The summed E-state index contributed by atoms with van der Waals surface area (Å²) < 4.78 is 34.5. The van der Waals surface area contributed by atoms with Gasteiger partial charge in [-0.25, -0.2) is 4.31 Å². The topological polar surface area (TPSA) is 88.1 Å². The Kier molecular flexibility index (Phi) is 5.28. The fourth-order valence-electron chi connectivity index (χ4n) is 2.15. The van der Waals surface area contributed by atoms with E-state index in [9.17, 15) is 13.2 Å². The van der Waals surface area contributed by atoms with Gasteiger partial charge in [0.05, 0.1) is 12.8 Å². The van der Waals surface area contributed by atoms with Crippen LogP contribution < -0.4 is 10.1 Å². The van der Waals surface area contributed by atoms with Crippen LogP contribution in [0, 0.1) is 0 Å².